The number of rotatable bonds is 52. The number of hydrogen-bond acceptors (Lipinski definition) is 24. The predicted octanol–water partition coefficient (Wildman–Crippen LogP) is 3.51. The monoisotopic (exact) mass is 1400 g/mol. The van der Waals surface area contributed by atoms with Crippen LogP contribution in [0.4, 0.5) is 0 Å². The van der Waals surface area contributed by atoms with Gasteiger partial charge in [-0.25, -0.2) is 0 Å². The summed E-state index contributed by atoms with van der Waals surface area (Å²) in [5.41, 5.74) is -0.839. The number of ether oxygens (including phenoxy) is 12. The molecule has 0 spiro atoms. The molecule has 0 amide bonds. The molecule has 0 N–H and O–H groups in total. The molecule has 8 radical (unpaired) electrons. The maximum Gasteiger partial charge on any atom is 0.349 e. The van der Waals surface area contributed by atoms with Crippen LogP contribution < -0.4 is 0 Å². The van der Waals surface area contributed by atoms with Crippen LogP contribution in [0.3, 0.4) is 0 Å². The van der Waals surface area contributed by atoms with Gasteiger partial charge in [0.25, 0.3) is 0 Å². The number of hydrogen-bond donors (Lipinski definition) is 0. The molecule has 4 aliphatic heterocycles. The van der Waals surface area contributed by atoms with E-state index in [-0.39, 0.29) is 74.5 Å². The molecule has 4 saturated heterocycles. The van der Waals surface area contributed by atoms with Gasteiger partial charge >= 0.3 is 34.2 Å². The van der Waals surface area contributed by atoms with Gasteiger partial charge in [-0.3, -0.25) is 0 Å². The van der Waals surface area contributed by atoms with Gasteiger partial charge in [0.1, 0.15) is 61.7 Å². The van der Waals surface area contributed by atoms with Crippen molar-refractivity contribution in [3.8, 4) is 0 Å². The van der Waals surface area contributed by atoms with E-state index in [1.54, 1.807) is 0 Å². The number of nitrogens with zero attached hydrogens (tertiary/aromatic N) is 4. The van der Waals surface area contributed by atoms with Crippen molar-refractivity contribution in [3.05, 3.63) is 0 Å². The molecule has 8 unspecified atom stereocenters. The standard InChI is InChI=1S/C57H120N4O20Si8/c1-17-66-53(67-18-2)82-41-58-29-49(78-86(13,45-58)74-25-9)33-62-37-57(38-63-34-50-30-59(46-87(14,79-50)75-26-10)42-83-54(68-19-3)69-20-4,39-64-35-51-31-60(47-88(15,80-51)76-27-11)43-84-55(70-21-5)71-22-6)40-65-36-52-32-61(48-89(16,81-52)77-28-12)44-85-56(72-23-7)73-24-8/h49-56H,17-48H2,1-16H3. The minimum absolute atomic E-state index is 0.236. The topological polar surface area (TPSA) is 198 Å². The van der Waals surface area contributed by atoms with E-state index in [2.05, 4.69) is 45.8 Å². The van der Waals surface area contributed by atoms with Crippen LogP contribution in [-0.4, -0.2) is 348 Å². The molecule has 0 aromatic rings. The molecule has 89 heavy (non-hydrogen) atoms. The second-order valence-corrected chi connectivity index (χ2v) is 40.5. The van der Waals surface area contributed by atoms with Crippen molar-refractivity contribution >= 4 is 72.3 Å². The summed E-state index contributed by atoms with van der Waals surface area (Å²) >= 11 is 0. The first-order valence-electron chi connectivity index (χ1n) is 33.2. The zero-order valence-corrected chi connectivity index (χ0v) is 65.7. The van der Waals surface area contributed by atoms with Crippen molar-refractivity contribution in [2.45, 2.75) is 157 Å². The van der Waals surface area contributed by atoms with Crippen LogP contribution >= 0.6 is 0 Å². The molecule has 0 aliphatic carbocycles. The zero-order chi connectivity index (χ0) is 65.0. The van der Waals surface area contributed by atoms with Crippen molar-refractivity contribution in [2.75, 3.05) is 208 Å². The molecule has 24 nitrogen and oxygen atoms in total. The first-order valence-corrected chi connectivity index (χ1v) is 48.4. The Hall–Kier alpha value is 0.775. The van der Waals surface area contributed by atoms with Crippen molar-refractivity contribution in [2.24, 2.45) is 5.41 Å². The third-order valence-corrected chi connectivity index (χ3v) is 30.9. The molecule has 4 heterocycles. The summed E-state index contributed by atoms with van der Waals surface area (Å²) in [6, 6.07) is 0. The van der Waals surface area contributed by atoms with Crippen molar-refractivity contribution in [1.82, 2.24) is 19.6 Å². The van der Waals surface area contributed by atoms with E-state index in [0.717, 1.165) is 49.3 Å². The van der Waals surface area contributed by atoms with E-state index in [9.17, 15) is 0 Å². The van der Waals surface area contributed by atoms with Gasteiger partial charge in [0.15, 0.2) is 0 Å². The molecule has 4 fully saturated rings. The van der Waals surface area contributed by atoms with E-state index in [1.165, 1.54) is 0 Å². The lowest BCUT2D eigenvalue weighted by atomic mass is 9.92. The third-order valence-electron chi connectivity index (χ3n) is 14.7. The molecule has 4 rings (SSSR count). The minimum atomic E-state index is -2.64. The predicted molar refractivity (Wildman–Crippen MR) is 355 cm³/mol. The fourth-order valence-corrected chi connectivity index (χ4v) is 28.4. The SMILES string of the molecule is CCOC(OCC)[Si]CN1CC(COCC(COCC2CN(C[Si]C(OCC)OCC)C[Si](C)(OCC)O2)(COCC2CN(C[Si]C(OCC)OCC)C[Si](C)(OCC)O2)COCC2CN(C[Si]C(OCC)OCC)C[Si](C)(OCC)O2)O[Si](C)(OCC)C1. The highest BCUT2D eigenvalue weighted by atomic mass is 28.4. The molecule has 520 valence electrons. The van der Waals surface area contributed by atoms with Crippen LogP contribution in [0.25, 0.3) is 0 Å². The Morgan fingerprint density at radius 3 is 0.685 bits per heavy atom. The van der Waals surface area contributed by atoms with Crippen molar-refractivity contribution in [3.63, 3.8) is 0 Å². The Morgan fingerprint density at radius 2 is 0.517 bits per heavy atom. The van der Waals surface area contributed by atoms with E-state index in [0.29, 0.717) is 170 Å². The van der Waals surface area contributed by atoms with Crippen LogP contribution in [0.15, 0.2) is 0 Å². The molecule has 0 aromatic carbocycles. The van der Waals surface area contributed by atoms with Crippen LogP contribution in [0, 0.1) is 5.41 Å². The summed E-state index contributed by atoms with van der Waals surface area (Å²) in [6.45, 7) is 44.6. The Kier molecular flexibility index (Phi) is 41.9. The normalized spacial score (nSPS) is 27.9. The van der Waals surface area contributed by atoms with Gasteiger partial charge in [-0.15, -0.1) is 0 Å². The molecule has 8 atom stereocenters. The van der Waals surface area contributed by atoms with Crippen molar-refractivity contribution < 1.29 is 92.3 Å². The Morgan fingerprint density at radius 1 is 0.326 bits per heavy atom. The Labute approximate surface area is 551 Å². The van der Waals surface area contributed by atoms with Crippen molar-refractivity contribution in [1.29, 1.82) is 0 Å². The quantitative estimate of drug-likeness (QED) is 0.0633. The summed E-state index contributed by atoms with van der Waals surface area (Å²) in [7, 11) is -8.88. The average molecular weight is 1410 g/mol. The molecule has 0 aromatic heterocycles. The largest absolute Gasteiger partial charge is 0.394 e. The lowest BCUT2D eigenvalue weighted by molar-refractivity contribution is -0.137. The van der Waals surface area contributed by atoms with E-state index in [4.69, 9.17) is 92.3 Å². The van der Waals surface area contributed by atoms with Crippen LogP contribution in [0.5, 0.6) is 0 Å². The van der Waals surface area contributed by atoms with Gasteiger partial charge in [-0.2, -0.15) is 0 Å². The summed E-state index contributed by atoms with van der Waals surface area (Å²) in [6.07, 6.45) is 5.08. The fourth-order valence-electron chi connectivity index (χ4n) is 11.7. The molecule has 0 bridgehead atoms. The van der Waals surface area contributed by atoms with Gasteiger partial charge in [0, 0.05) is 130 Å². The van der Waals surface area contributed by atoms with Gasteiger partial charge in [-0.1, -0.05) is 0 Å². The minimum Gasteiger partial charge on any atom is -0.394 e. The Balaban J connectivity index is 1.71. The second-order valence-electron chi connectivity index (χ2n) is 23.3. The highest BCUT2D eigenvalue weighted by Crippen LogP contribution is 2.28. The van der Waals surface area contributed by atoms with Crippen LogP contribution in [0.2, 0.25) is 26.2 Å². The summed E-state index contributed by atoms with van der Waals surface area (Å²) in [5, 5.41) is 0. The highest BCUT2D eigenvalue weighted by Gasteiger charge is 2.47. The van der Waals surface area contributed by atoms with Crippen LogP contribution in [-0.2, 0) is 92.3 Å². The van der Waals surface area contributed by atoms with Gasteiger partial charge < -0.3 is 112 Å². The summed E-state index contributed by atoms with van der Waals surface area (Å²) < 4.78 is 130. The maximum absolute atomic E-state index is 7.02. The van der Waals surface area contributed by atoms with Gasteiger partial charge in [0.2, 0.25) is 0 Å². The van der Waals surface area contributed by atoms with E-state index >= 15 is 0 Å². The lowest BCUT2D eigenvalue weighted by Crippen LogP contribution is -2.62. The Bertz CT molecular complexity index is 1550. The fraction of sp³-hybridized carbons (Fsp3) is 1.00. The van der Waals surface area contributed by atoms with Gasteiger partial charge in [0.05, 0.1) is 82.7 Å². The first kappa shape index (κ1) is 82.2. The third kappa shape index (κ3) is 31.9. The summed E-state index contributed by atoms with van der Waals surface area (Å²) in [5.74, 6) is -1.03. The zero-order valence-electron chi connectivity index (χ0n) is 57.7. The highest BCUT2D eigenvalue weighted by molar-refractivity contribution is 6.67. The van der Waals surface area contributed by atoms with Crippen LogP contribution in [0.1, 0.15) is 83.1 Å². The first-order chi connectivity index (χ1) is 42.8. The molecule has 4 aliphatic rings. The van der Waals surface area contributed by atoms with Gasteiger partial charge in [-0.05, 0) is 134 Å². The average Bonchev–Trinajstić information content (AvgIpc) is 3.19. The smallest absolute Gasteiger partial charge is 0.349 e. The summed E-state index contributed by atoms with van der Waals surface area (Å²) in [4.78, 5) is 9.76. The molecular formula is C57H120N4O20Si8. The van der Waals surface area contributed by atoms with E-state index in [1.807, 2.05) is 83.1 Å². The van der Waals surface area contributed by atoms with E-state index < -0.39 is 39.7 Å². The molecule has 0 saturated carbocycles. The molecular weight excluding hydrogens is 1290 g/mol. The molecule has 32 heteroatoms. The lowest BCUT2D eigenvalue weighted by Gasteiger charge is -2.44. The second kappa shape index (κ2) is 45.4. The maximum atomic E-state index is 7.02.